The van der Waals surface area contributed by atoms with E-state index in [9.17, 15) is 18.5 Å². The van der Waals surface area contributed by atoms with Crippen LogP contribution in [0, 0.1) is 30.9 Å². The van der Waals surface area contributed by atoms with Gasteiger partial charge in [0.2, 0.25) is 0 Å². The van der Waals surface area contributed by atoms with Gasteiger partial charge in [-0.1, -0.05) is 17.7 Å². The molecule has 0 aliphatic rings. The maximum absolute atomic E-state index is 12.2. The number of non-ortho nitro benzene ring substituents is 1. The highest BCUT2D eigenvalue weighted by molar-refractivity contribution is 7.86. The second-order valence-electron chi connectivity index (χ2n) is 5.34. The summed E-state index contributed by atoms with van der Waals surface area (Å²) in [4.78, 5) is 10.4. The standard InChI is InChI=1S/C16H17NO5S/c1-11-4-6-15(7-5-11)23(20,21)22-10-16-12(2)8-14(17(18)19)9-13(16)3/h4-9H,10H2,1-3H3. The van der Waals surface area contributed by atoms with Gasteiger partial charge in [-0.25, -0.2) is 0 Å². The molecule has 0 aromatic heterocycles. The maximum Gasteiger partial charge on any atom is 0.297 e. The van der Waals surface area contributed by atoms with Crippen molar-refractivity contribution in [2.75, 3.05) is 0 Å². The van der Waals surface area contributed by atoms with Gasteiger partial charge in [0.05, 0.1) is 16.4 Å². The summed E-state index contributed by atoms with van der Waals surface area (Å²) in [6.07, 6.45) is 0. The van der Waals surface area contributed by atoms with E-state index < -0.39 is 15.0 Å². The van der Waals surface area contributed by atoms with Gasteiger partial charge in [0.1, 0.15) is 0 Å². The highest BCUT2D eigenvalue weighted by atomic mass is 32.2. The van der Waals surface area contributed by atoms with Crippen LogP contribution in [0.3, 0.4) is 0 Å². The van der Waals surface area contributed by atoms with Gasteiger partial charge >= 0.3 is 0 Å². The van der Waals surface area contributed by atoms with Crippen molar-refractivity contribution in [2.45, 2.75) is 32.3 Å². The van der Waals surface area contributed by atoms with Crippen molar-refractivity contribution in [3.63, 3.8) is 0 Å². The third kappa shape index (κ3) is 3.94. The molecule has 2 aromatic carbocycles. The minimum Gasteiger partial charge on any atom is -0.262 e. The molecule has 0 fully saturated rings. The van der Waals surface area contributed by atoms with Crippen LogP contribution in [0.4, 0.5) is 5.69 Å². The molecule has 0 saturated heterocycles. The summed E-state index contributed by atoms with van der Waals surface area (Å²) in [6.45, 7) is 5.08. The summed E-state index contributed by atoms with van der Waals surface area (Å²) in [7, 11) is -3.87. The van der Waals surface area contributed by atoms with E-state index in [2.05, 4.69) is 0 Å². The minimum atomic E-state index is -3.87. The van der Waals surface area contributed by atoms with Crippen molar-refractivity contribution in [3.05, 3.63) is 68.8 Å². The molecule has 0 N–H and O–H groups in total. The Balaban J connectivity index is 2.23. The third-order valence-electron chi connectivity index (χ3n) is 3.56. The predicted molar refractivity (Wildman–Crippen MR) is 85.7 cm³/mol. The number of nitro groups is 1. The van der Waals surface area contributed by atoms with E-state index in [1.54, 1.807) is 26.0 Å². The van der Waals surface area contributed by atoms with Crippen LogP contribution < -0.4 is 0 Å². The summed E-state index contributed by atoms with van der Waals surface area (Å²) in [5, 5.41) is 10.8. The van der Waals surface area contributed by atoms with Crippen LogP contribution in [0.25, 0.3) is 0 Å². The molecule has 6 nitrogen and oxygen atoms in total. The lowest BCUT2D eigenvalue weighted by molar-refractivity contribution is -0.385. The monoisotopic (exact) mass is 335 g/mol. The number of rotatable bonds is 5. The van der Waals surface area contributed by atoms with Gasteiger partial charge < -0.3 is 0 Å². The van der Waals surface area contributed by atoms with Crippen molar-refractivity contribution in [1.29, 1.82) is 0 Å². The van der Waals surface area contributed by atoms with E-state index in [1.807, 2.05) is 6.92 Å². The Bertz CT molecular complexity index is 818. The van der Waals surface area contributed by atoms with E-state index in [4.69, 9.17) is 4.18 Å². The van der Waals surface area contributed by atoms with Crippen LogP contribution in [-0.4, -0.2) is 13.3 Å². The molecule has 0 radical (unpaired) electrons. The summed E-state index contributed by atoms with van der Waals surface area (Å²) in [5.41, 5.74) is 2.80. The molecule has 0 unspecified atom stereocenters. The van der Waals surface area contributed by atoms with Crippen LogP contribution in [0.1, 0.15) is 22.3 Å². The second-order valence-corrected chi connectivity index (χ2v) is 6.96. The van der Waals surface area contributed by atoms with E-state index in [0.29, 0.717) is 16.7 Å². The van der Waals surface area contributed by atoms with Crippen molar-refractivity contribution in [1.82, 2.24) is 0 Å². The van der Waals surface area contributed by atoms with Crippen molar-refractivity contribution < 1.29 is 17.5 Å². The van der Waals surface area contributed by atoms with Gasteiger partial charge in [0, 0.05) is 12.1 Å². The first-order valence-electron chi connectivity index (χ1n) is 6.91. The zero-order chi connectivity index (χ0) is 17.2. The molecule has 122 valence electrons. The van der Waals surface area contributed by atoms with Gasteiger partial charge in [0.25, 0.3) is 15.8 Å². The van der Waals surface area contributed by atoms with Gasteiger partial charge in [-0.05, 0) is 49.6 Å². The quantitative estimate of drug-likeness (QED) is 0.475. The topological polar surface area (TPSA) is 86.5 Å². The fourth-order valence-electron chi connectivity index (χ4n) is 2.21. The average molecular weight is 335 g/mol. The molecule has 0 heterocycles. The molecule has 2 aromatic rings. The molecule has 2 rings (SSSR count). The number of benzene rings is 2. The Morgan fingerprint density at radius 1 is 1.04 bits per heavy atom. The number of nitrogens with zero attached hydrogens (tertiary/aromatic N) is 1. The number of hydrogen-bond donors (Lipinski definition) is 0. The molecule has 0 amide bonds. The van der Waals surface area contributed by atoms with Crippen LogP contribution in [-0.2, 0) is 20.9 Å². The largest absolute Gasteiger partial charge is 0.297 e. The SMILES string of the molecule is Cc1ccc(S(=O)(=O)OCc2c(C)cc([N+](=O)[O-])cc2C)cc1. The molecule has 0 bridgehead atoms. The van der Waals surface area contributed by atoms with Crippen molar-refractivity contribution in [2.24, 2.45) is 0 Å². The van der Waals surface area contributed by atoms with E-state index >= 15 is 0 Å². The lowest BCUT2D eigenvalue weighted by atomic mass is 10.0. The average Bonchev–Trinajstić information content (AvgIpc) is 2.46. The van der Waals surface area contributed by atoms with E-state index in [1.165, 1.54) is 24.3 Å². The summed E-state index contributed by atoms with van der Waals surface area (Å²) in [6, 6.07) is 9.17. The molecule has 0 aliphatic heterocycles. The van der Waals surface area contributed by atoms with Crippen LogP contribution >= 0.6 is 0 Å². The molecule has 0 aliphatic carbocycles. The van der Waals surface area contributed by atoms with E-state index in [-0.39, 0.29) is 17.2 Å². The number of aryl methyl sites for hydroxylation is 3. The van der Waals surface area contributed by atoms with Crippen LogP contribution in [0.15, 0.2) is 41.3 Å². The van der Waals surface area contributed by atoms with Crippen LogP contribution in [0.2, 0.25) is 0 Å². The van der Waals surface area contributed by atoms with Crippen LogP contribution in [0.5, 0.6) is 0 Å². The first kappa shape index (κ1) is 17.1. The zero-order valence-electron chi connectivity index (χ0n) is 13.1. The second kappa shape index (κ2) is 6.47. The fraction of sp³-hybridized carbons (Fsp3) is 0.250. The third-order valence-corrected chi connectivity index (χ3v) is 4.84. The molecule has 7 heteroatoms. The highest BCUT2D eigenvalue weighted by Gasteiger charge is 2.18. The zero-order valence-corrected chi connectivity index (χ0v) is 13.9. The normalized spacial score (nSPS) is 11.4. The number of hydrogen-bond acceptors (Lipinski definition) is 5. The highest BCUT2D eigenvalue weighted by Crippen LogP contribution is 2.24. The van der Waals surface area contributed by atoms with Crippen molar-refractivity contribution in [3.8, 4) is 0 Å². The molecular formula is C16H17NO5S. The Labute approximate surface area is 135 Å². The Kier molecular flexibility index (Phi) is 4.82. The smallest absolute Gasteiger partial charge is 0.262 e. The summed E-state index contributed by atoms with van der Waals surface area (Å²) < 4.78 is 29.5. The Morgan fingerprint density at radius 2 is 1.57 bits per heavy atom. The number of nitro benzene ring substituents is 1. The summed E-state index contributed by atoms with van der Waals surface area (Å²) >= 11 is 0. The Hall–Kier alpha value is -2.25. The van der Waals surface area contributed by atoms with E-state index in [0.717, 1.165) is 5.56 Å². The molecule has 0 spiro atoms. The molecule has 0 saturated carbocycles. The Morgan fingerprint density at radius 3 is 2.04 bits per heavy atom. The molecule has 0 atom stereocenters. The van der Waals surface area contributed by atoms with Crippen molar-refractivity contribution >= 4 is 15.8 Å². The molecular weight excluding hydrogens is 318 g/mol. The van der Waals surface area contributed by atoms with Gasteiger partial charge in [0.15, 0.2) is 0 Å². The molecule has 23 heavy (non-hydrogen) atoms. The summed E-state index contributed by atoms with van der Waals surface area (Å²) in [5.74, 6) is 0. The first-order valence-corrected chi connectivity index (χ1v) is 8.32. The van der Waals surface area contributed by atoms with Gasteiger partial charge in [-0.2, -0.15) is 8.42 Å². The lowest BCUT2D eigenvalue weighted by Crippen LogP contribution is -2.08. The minimum absolute atomic E-state index is 0.0230. The first-order chi connectivity index (χ1) is 10.7. The maximum atomic E-state index is 12.2. The fourth-order valence-corrected chi connectivity index (χ4v) is 3.09. The predicted octanol–water partition coefficient (Wildman–Crippen LogP) is 3.43. The lowest BCUT2D eigenvalue weighted by Gasteiger charge is -2.11. The van der Waals surface area contributed by atoms with Gasteiger partial charge in [-0.15, -0.1) is 0 Å². The van der Waals surface area contributed by atoms with Gasteiger partial charge in [-0.3, -0.25) is 14.3 Å².